The van der Waals surface area contributed by atoms with E-state index in [0.29, 0.717) is 0 Å². The first-order valence-corrected chi connectivity index (χ1v) is 9.47. The fraction of sp³-hybridized carbons (Fsp3) is 0.750. The smallest absolute Gasteiger partial charge is 0.370 e. The summed E-state index contributed by atoms with van der Waals surface area (Å²) in [6.45, 7) is 2.26. The first kappa shape index (κ1) is 21.8. The van der Waals surface area contributed by atoms with Crippen LogP contribution in [0.2, 0.25) is 0 Å². The number of rotatable bonds is 16. The van der Waals surface area contributed by atoms with E-state index in [0.717, 1.165) is 12.8 Å². The van der Waals surface area contributed by atoms with Crippen LogP contribution in [0.15, 0.2) is 24.0 Å². The molecular formula is C20H36O3. The second-order valence-corrected chi connectivity index (χ2v) is 6.32. The third-order valence-electron chi connectivity index (χ3n) is 4.08. The molecule has 134 valence electrons. The Morgan fingerprint density at radius 2 is 1.17 bits per heavy atom. The Bertz CT molecular complexity index is 332. The SMILES string of the molecule is CCCCCCCCCCCCCCC/C=C/C=C(\O)C(=O)O. The molecule has 3 nitrogen and oxygen atoms in total. The third-order valence-corrected chi connectivity index (χ3v) is 4.08. The molecule has 0 aliphatic heterocycles. The van der Waals surface area contributed by atoms with Crippen molar-refractivity contribution in [2.45, 2.75) is 96.8 Å². The predicted octanol–water partition coefficient (Wildman–Crippen LogP) is 6.55. The van der Waals surface area contributed by atoms with E-state index in [9.17, 15) is 4.79 Å². The summed E-state index contributed by atoms with van der Waals surface area (Å²) in [5, 5.41) is 17.4. The summed E-state index contributed by atoms with van der Waals surface area (Å²) in [5.74, 6) is -1.89. The van der Waals surface area contributed by atoms with Crippen LogP contribution < -0.4 is 0 Å². The predicted molar refractivity (Wildman–Crippen MR) is 97.8 cm³/mol. The first-order valence-electron chi connectivity index (χ1n) is 9.47. The Balaban J connectivity index is 3.21. The maximum atomic E-state index is 10.3. The Kier molecular flexibility index (Phi) is 16.2. The Hall–Kier alpha value is -1.25. The van der Waals surface area contributed by atoms with Gasteiger partial charge in [-0.05, 0) is 18.9 Å². The number of hydrogen-bond donors (Lipinski definition) is 2. The van der Waals surface area contributed by atoms with Gasteiger partial charge in [0.2, 0.25) is 5.76 Å². The van der Waals surface area contributed by atoms with Crippen LogP contribution in [0.1, 0.15) is 96.8 Å². The van der Waals surface area contributed by atoms with Crippen LogP contribution >= 0.6 is 0 Å². The quantitative estimate of drug-likeness (QED) is 0.146. The van der Waals surface area contributed by atoms with Gasteiger partial charge in [0.05, 0.1) is 0 Å². The van der Waals surface area contributed by atoms with Gasteiger partial charge in [-0.15, -0.1) is 0 Å². The molecule has 0 aromatic rings. The number of aliphatic hydroxyl groups excluding tert-OH is 1. The zero-order valence-electron chi connectivity index (χ0n) is 14.9. The van der Waals surface area contributed by atoms with E-state index in [1.165, 1.54) is 83.1 Å². The zero-order chi connectivity index (χ0) is 17.2. The summed E-state index contributed by atoms with van der Waals surface area (Å²) in [7, 11) is 0. The van der Waals surface area contributed by atoms with Gasteiger partial charge in [0.15, 0.2) is 0 Å². The Morgan fingerprint density at radius 3 is 1.61 bits per heavy atom. The van der Waals surface area contributed by atoms with Crippen LogP contribution in [0, 0.1) is 0 Å². The van der Waals surface area contributed by atoms with Gasteiger partial charge in [-0.25, -0.2) is 4.79 Å². The summed E-state index contributed by atoms with van der Waals surface area (Å²) in [4.78, 5) is 10.3. The number of aliphatic hydroxyl groups is 1. The standard InChI is InChI=1S/C20H36O3/c1-2-3-4-5-6-7-8-9-10-11-12-13-14-15-16-17-18-19(21)20(22)23/h16-18,21H,2-15H2,1H3,(H,22,23)/b17-16+,19-18-. The molecule has 0 saturated carbocycles. The molecule has 0 amide bonds. The number of aliphatic carboxylic acids is 1. The largest absolute Gasteiger partial charge is 0.502 e. The minimum Gasteiger partial charge on any atom is -0.502 e. The third kappa shape index (κ3) is 16.9. The molecule has 0 rings (SSSR count). The van der Waals surface area contributed by atoms with Crippen molar-refractivity contribution < 1.29 is 15.0 Å². The van der Waals surface area contributed by atoms with Crippen LogP contribution in [0.3, 0.4) is 0 Å². The van der Waals surface area contributed by atoms with Crippen molar-refractivity contribution in [2.75, 3.05) is 0 Å². The van der Waals surface area contributed by atoms with Gasteiger partial charge in [-0.3, -0.25) is 0 Å². The van der Waals surface area contributed by atoms with Gasteiger partial charge < -0.3 is 10.2 Å². The van der Waals surface area contributed by atoms with Crippen molar-refractivity contribution in [1.29, 1.82) is 0 Å². The number of carboxylic acids is 1. The summed E-state index contributed by atoms with van der Waals surface area (Å²) < 4.78 is 0. The van der Waals surface area contributed by atoms with Gasteiger partial charge in [-0.2, -0.15) is 0 Å². The molecule has 0 atom stereocenters. The normalized spacial score (nSPS) is 12.1. The lowest BCUT2D eigenvalue weighted by Gasteiger charge is -2.02. The fourth-order valence-corrected chi connectivity index (χ4v) is 2.61. The monoisotopic (exact) mass is 324 g/mol. The Morgan fingerprint density at radius 1 is 0.739 bits per heavy atom. The van der Waals surface area contributed by atoms with E-state index < -0.39 is 11.7 Å². The number of hydrogen-bond acceptors (Lipinski definition) is 2. The lowest BCUT2D eigenvalue weighted by Crippen LogP contribution is -1.97. The molecule has 0 aliphatic rings. The maximum absolute atomic E-state index is 10.3. The lowest BCUT2D eigenvalue weighted by atomic mass is 10.0. The molecule has 23 heavy (non-hydrogen) atoms. The van der Waals surface area contributed by atoms with Gasteiger partial charge in [0.1, 0.15) is 0 Å². The molecular weight excluding hydrogens is 288 g/mol. The molecule has 0 aromatic heterocycles. The van der Waals surface area contributed by atoms with Crippen LogP contribution in [0.4, 0.5) is 0 Å². The second kappa shape index (κ2) is 17.1. The number of carbonyl (C=O) groups is 1. The summed E-state index contributed by atoms with van der Waals surface area (Å²) in [6.07, 6.45) is 23.2. The molecule has 0 spiro atoms. The van der Waals surface area contributed by atoms with Crippen molar-refractivity contribution in [2.24, 2.45) is 0 Å². The number of allylic oxidation sites excluding steroid dienone is 3. The number of unbranched alkanes of at least 4 members (excludes halogenated alkanes) is 13. The highest BCUT2D eigenvalue weighted by atomic mass is 16.4. The zero-order valence-corrected chi connectivity index (χ0v) is 14.9. The van der Waals surface area contributed by atoms with Crippen molar-refractivity contribution >= 4 is 5.97 Å². The summed E-state index contributed by atoms with van der Waals surface area (Å²) in [5.41, 5.74) is 0. The minimum atomic E-state index is -1.28. The van der Waals surface area contributed by atoms with Crippen molar-refractivity contribution in [3.63, 3.8) is 0 Å². The first-order chi connectivity index (χ1) is 11.2. The molecule has 0 radical (unpaired) electrons. The van der Waals surface area contributed by atoms with E-state index in [-0.39, 0.29) is 0 Å². The van der Waals surface area contributed by atoms with Gasteiger partial charge in [-0.1, -0.05) is 96.1 Å². The second-order valence-electron chi connectivity index (χ2n) is 6.32. The van der Waals surface area contributed by atoms with E-state index in [2.05, 4.69) is 6.92 Å². The topological polar surface area (TPSA) is 57.5 Å². The van der Waals surface area contributed by atoms with Crippen LogP contribution in [0.25, 0.3) is 0 Å². The highest BCUT2D eigenvalue weighted by Gasteiger charge is 1.99. The molecule has 0 heterocycles. The van der Waals surface area contributed by atoms with Crippen LogP contribution in [0.5, 0.6) is 0 Å². The molecule has 2 N–H and O–H groups in total. The van der Waals surface area contributed by atoms with E-state index in [1.807, 2.05) is 6.08 Å². The Labute approximate surface area is 142 Å². The minimum absolute atomic E-state index is 0.605. The average molecular weight is 325 g/mol. The molecule has 0 aromatic carbocycles. The van der Waals surface area contributed by atoms with Crippen molar-refractivity contribution in [1.82, 2.24) is 0 Å². The van der Waals surface area contributed by atoms with Crippen LogP contribution in [-0.4, -0.2) is 16.2 Å². The lowest BCUT2D eigenvalue weighted by molar-refractivity contribution is -0.135. The highest BCUT2D eigenvalue weighted by Crippen LogP contribution is 2.13. The van der Waals surface area contributed by atoms with Crippen molar-refractivity contribution in [3.05, 3.63) is 24.0 Å². The van der Waals surface area contributed by atoms with E-state index in [1.54, 1.807) is 6.08 Å². The van der Waals surface area contributed by atoms with E-state index >= 15 is 0 Å². The molecule has 0 unspecified atom stereocenters. The van der Waals surface area contributed by atoms with Crippen LogP contribution in [-0.2, 0) is 4.79 Å². The van der Waals surface area contributed by atoms with E-state index in [4.69, 9.17) is 10.2 Å². The van der Waals surface area contributed by atoms with Gasteiger partial charge >= 0.3 is 5.97 Å². The fourth-order valence-electron chi connectivity index (χ4n) is 2.61. The molecule has 3 heteroatoms. The molecule has 0 bridgehead atoms. The maximum Gasteiger partial charge on any atom is 0.370 e. The molecule has 0 fully saturated rings. The van der Waals surface area contributed by atoms with Gasteiger partial charge in [0, 0.05) is 0 Å². The average Bonchev–Trinajstić information content (AvgIpc) is 2.54. The van der Waals surface area contributed by atoms with Crippen molar-refractivity contribution in [3.8, 4) is 0 Å². The van der Waals surface area contributed by atoms with Gasteiger partial charge in [0.25, 0.3) is 0 Å². The molecule has 0 saturated heterocycles. The summed E-state index contributed by atoms with van der Waals surface area (Å²) >= 11 is 0. The number of carboxylic acid groups (broad SMARTS) is 1. The molecule has 0 aliphatic carbocycles. The summed E-state index contributed by atoms with van der Waals surface area (Å²) in [6, 6.07) is 0. The highest BCUT2D eigenvalue weighted by molar-refractivity contribution is 5.83.